The molecule has 1 atom stereocenters. The predicted molar refractivity (Wildman–Crippen MR) is 89.3 cm³/mol. The molecule has 0 aliphatic rings. The average molecular weight is 349 g/mol. The van der Waals surface area contributed by atoms with E-state index in [1.165, 1.54) is 11.3 Å². The lowest BCUT2D eigenvalue weighted by atomic mass is 10.3. The van der Waals surface area contributed by atoms with E-state index in [1.54, 1.807) is 23.6 Å². The van der Waals surface area contributed by atoms with Crippen molar-refractivity contribution in [2.45, 2.75) is 16.5 Å². The number of benzene rings is 1. The Kier molecular flexibility index (Phi) is 4.72. The van der Waals surface area contributed by atoms with Crippen molar-refractivity contribution in [1.82, 2.24) is 30.4 Å². The number of rotatable bonds is 6. The van der Waals surface area contributed by atoms with Crippen LogP contribution in [0.15, 0.2) is 28.6 Å². The number of tetrazole rings is 1. The van der Waals surface area contributed by atoms with Crippen LogP contribution in [-0.2, 0) is 7.05 Å². The van der Waals surface area contributed by atoms with Gasteiger partial charge in [-0.3, -0.25) is 0 Å². The van der Waals surface area contributed by atoms with Gasteiger partial charge in [0.25, 0.3) is 0 Å². The fourth-order valence-electron chi connectivity index (χ4n) is 1.92. The predicted octanol–water partition coefficient (Wildman–Crippen LogP) is 2.67. The molecule has 120 valence electrons. The smallest absolute Gasteiger partial charge is 0.210 e. The van der Waals surface area contributed by atoms with Crippen molar-refractivity contribution in [1.29, 1.82) is 0 Å². The summed E-state index contributed by atoms with van der Waals surface area (Å²) in [5.41, 5.74) is 0.905. The molecular formula is C13H15N7OS2. The largest absolute Gasteiger partial charge is 0.497 e. The van der Waals surface area contributed by atoms with E-state index in [0.29, 0.717) is 0 Å². The number of anilines is 2. The second-order valence-corrected chi connectivity index (χ2v) is 7.22. The van der Waals surface area contributed by atoms with Crippen molar-refractivity contribution < 1.29 is 4.74 Å². The van der Waals surface area contributed by atoms with Gasteiger partial charge in [0.2, 0.25) is 5.13 Å². The number of aromatic nitrogens is 6. The van der Waals surface area contributed by atoms with Crippen LogP contribution in [0.5, 0.6) is 5.75 Å². The molecule has 0 aliphatic heterocycles. The molecule has 2 heterocycles. The van der Waals surface area contributed by atoms with Gasteiger partial charge in [-0.05, 0) is 29.5 Å². The van der Waals surface area contributed by atoms with E-state index in [0.717, 1.165) is 26.7 Å². The Balaban J connectivity index is 1.67. The zero-order valence-electron chi connectivity index (χ0n) is 12.8. The highest BCUT2D eigenvalue weighted by Crippen LogP contribution is 2.36. The molecule has 0 radical (unpaired) electrons. The Morgan fingerprint density at radius 3 is 2.91 bits per heavy atom. The van der Waals surface area contributed by atoms with Crippen molar-refractivity contribution in [2.75, 3.05) is 12.4 Å². The van der Waals surface area contributed by atoms with Gasteiger partial charge in [-0.15, -0.1) is 15.3 Å². The van der Waals surface area contributed by atoms with Crippen molar-refractivity contribution in [3.63, 3.8) is 0 Å². The highest BCUT2D eigenvalue weighted by atomic mass is 32.2. The van der Waals surface area contributed by atoms with Gasteiger partial charge >= 0.3 is 0 Å². The molecule has 10 heteroatoms. The Labute approximate surface area is 141 Å². The molecule has 0 fully saturated rings. The van der Waals surface area contributed by atoms with Crippen LogP contribution in [0.25, 0.3) is 0 Å². The first kappa shape index (κ1) is 15.7. The van der Waals surface area contributed by atoms with Crippen LogP contribution in [0.4, 0.5) is 10.8 Å². The zero-order chi connectivity index (χ0) is 16.2. The lowest BCUT2D eigenvalue weighted by Crippen LogP contribution is -2.01. The molecule has 1 aromatic carbocycles. The topological polar surface area (TPSA) is 90.6 Å². The third-order valence-electron chi connectivity index (χ3n) is 3.02. The Morgan fingerprint density at radius 2 is 2.17 bits per heavy atom. The molecule has 1 N–H and O–H groups in total. The maximum atomic E-state index is 5.21. The van der Waals surface area contributed by atoms with Crippen LogP contribution in [0.1, 0.15) is 18.0 Å². The number of aryl methyl sites for hydroxylation is 1. The van der Waals surface area contributed by atoms with Gasteiger partial charge in [-0.2, -0.15) is 0 Å². The van der Waals surface area contributed by atoms with E-state index < -0.39 is 0 Å². The van der Waals surface area contributed by atoms with Crippen molar-refractivity contribution in [2.24, 2.45) is 7.05 Å². The monoisotopic (exact) mass is 349 g/mol. The van der Waals surface area contributed by atoms with Crippen LogP contribution in [0.2, 0.25) is 0 Å². The van der Waals surface area contributed by atoms with E-state index in [2.05, 4.69) is 31.0 Å². The van der Waals surface area contributed by atoms with Crippen LogP contribution >= 0.6 is 23.1 Å². The first-order valence-electron chi connectivity index (χ1n) is 6.79. The van der Waals surface area contributed by atoms with E-state index >= 15 is 0 Å². The van der Waals surface area contributed by atoms with E-state index in [4.69, 9.17) is 4.74 Å². The van der Waals surface area contributed by atoms with E-state index in [1.807, 2.05) is 38.2 Å². The molecule has 0 spiro atoms. The summed E-state index contributed by atoms with van der Waals surface area (Å²) in [6, 6.07) is 7.66. The quantitative estimate of drug-likeness (QED) is 0.679. The first-order valence-corrected chi connectivity index (χ1v) is 8.49. The third kappa shape index (κ3) is 3.77. The van der Waals surface area contributed by atoms with Crippen LogP contribution in [0, 0.1) is 0 Å². The van der Waals surface area contributed by atoms with Gasteiger partial charge < -0.3 is 10.1 Å². The maximum Gasteiger partial charge on any atom is 0.210 e. The third-order valence-corrected chi connectivity index (χ3v) is 5.04. The molecule has 0 saturated carbocycles. The molecular weight excluding hydrogens is 334 g/mol. The molecule has 0 aliphatic carbocycles. The van der Waals surface area contributed by atoms with Gasteiger partial charge in [0.1, 0.15) is 5.75 Å². The van der Waals surface area contributed by atoms with Crippen LogP contribution in [-0.4, -0.2) is 37.5 Å². The molecule has 0 bridgehead atoms. The fourth-order valence-corrected chi connectivity index (χ4v) is 3.97. The number of hydrogen-bond acceptors (Lipinski definition) is 9. The summed E-state index contributed by atoms with van der Waals surface area (Å²) in [6.07, 6.45) is 0. The summed E-state index contributed by atoms with van der Waals surface area (Å²) in [6.45, 7) is 2.03. The second-order valence-electron chi connectivity index (χ2n) is 4.65. The number of nitrogens with zero attached hydrogens (tertiary/aromatic N) is 6. The summed E-state index contributed by atoms with van der Waals surface area (Å²) in [4.78, 5) is 0. The standard InChI is InChI=1S/C13H15N7OS2/c1-8(11-15-18-19-20(11)2)22-13-17-16-12(23-13)14-9-5-4-6-10(7-9)21-3/h4-8H,1-3H3,(H,14,16)/t8-/m1/s1. The summed E-state index contributed by atoms with van der Waals surface area (Å²) < 4.78 is 7.72. The molecule has 0 saturated heterocycles. The van der Waals surface area contributed by atoms with Gasteiger partial charge in [-0.25, -0.2) is 4.68 Å². The Hall–Kier alpha value is -2.20. The van der Waals surface area contributed by atoms with Crippen LogP contribution in [0.3, 0.4) is 0 Å². The van der Waals surface area contributed by atoms with Gasteiger partial charge in [0.15, 0.2) is 10.2 Å². The molecule has 23 heavy (non-hydrogen) atoms. The second kappa shape index (κ2) is 6.92. The number of hydrogen-bond donors (Lipinski definition) is 1. The highest BCUT2D eigenvalue weighted by molar-refractivity contribution is 8.01. The van der Waals surface area contributed by atoms with E-state index in [-0.39, 0.29) is 5.25 Å². The molecule has 8 nitrogen and oxygen atoms in total. The van der Waals surface area contributed by atoms with Gasteiger partial charge in [0.05, 0.1) is 12.4 Å². The Bertz CT molecular complexity index is 788. The minimum absolute atomic E-state index is 0.0904. The molecule has 2 aromatic heterocycles. The molecule has 0 unspecified atom stereocenters. The van der Waals surface area contributed by atoms with Gasteiger partial charge in [0, 0.05) is 18.8 Å². The number of methoxy groups -OCH3 is 1. The number of thioether (sulfide) groups is 1. The van der Waals surface area contributed by atoms with E-state index in [9.17, 15) is 0 Å². The van der Waals surface area contributed by atoms with Gasteiger partial charge in [-0.1, -0.05) is 29.2 Å². The fraction of sp³-hybridized carbons (Fsp3) is 0.308. The summed E-state index contributed by atoms with van der Waals surface area (Å²) in [7, 11) is 3.46. The van der Waals surface area contributed by atoms with Crippen molar-refractivity contribution >= 4 is 33.9 Å². The molecule has 3 rings (SSSR count). The molecule has 3 aromatic rings. The average Bonchev–Trinajstić information content (AvgIpc) is 3.16. The number of nitrogens with one attached hydrogen (secondary N) is 1. The minimum atomic E-state index is 0.0904. The SMILES string of the molecule is COc1cccc(Nc2nnc(S[C@H](C)c3nnnn3C)s2)c1. The Morgan fingerprint density at radius 1 is 1.30 bits per heavy atom. The number of ether oxygens (including phenoxy) is 1. The maximum absolute atomic E-state index is 5.21. The lowest BCUT2D eigenvalue weighted by Gasteiger charge is -2.05. The lowest BCUT2D eigenvalue weighted by molar-refractivity contribution is 0.415. The zero-order valence-corrected chi connectivity index (χ0v) is 14.4. The van der Waals surface area contributed by atoms with Crippen molar-refractivity contribution in [3.05, 3.63) is 30.1 Å². The summed E-state index contributed by atoms with van der Waals surface area (Å²) in [5, 5.41) is 23.9. The van der Waals surface area contributed by atoms with Crippen LogP contribution < -0.4 is 10.1 Å². The summed E-state index contributed by atoms with van der Waals surface area (Å²) in [5.74, 6) is 1.59. The minimum Gasteiger partial charge on any atom is -0.497 e. The highest BCUT2D eigenvalue weighted by Gasteiger charge is 2.16. The van der Waals surface area contributed by atoms with Crippen molar-refractivity contribution in [3.8, 4) is 5.75 Å². The summed E-state index contributed by atoms with van der Waals surface area (Å²) >= 11 is 3.05. The normalized spacial score (nSPS) is 12.1. The first-order chi connectivity index (χ1) is 11.2. The molecule has 0 amide bonds.